The molecule has 2 aromatic carbocycles. The summed E-state index contributed by atoms with van der Waals surface area (Å²) in [6.45, 7) is 0. The van der Waals surface area contributed by atoms with E-state index in [9.17, 15) is 9.90 Å². The van der Waals surface area contributed by atoms with Gasteiger partial charge in [-0.25, -0.2) is 0 Å². The molecule has 0 saturated carbocycles. The summed E-state index contributed by atoms with van der Waals surface area (Å²) in [7, 11) is 1.51. The van der Waals surface area contributed by atoms with Crippen molar-refractivity contribution in [1.29, 1.82) is 5.41 Å². The first-order valence-corrected chi connectivity index (χ1v) is 6.85. The Bertz CT molecular complexity index is 947. The molecule has 0 bridgehead atoms. The molecule has 23 heavy (non-hydrogen) atoms. The minimum atomic E-state index is -0.537. The number of carbonyl (C=O) groups excluding carboxylic acids is 1. The molecule has 0 fully saturated rings. The number of phenolic OH excluding ortho intramolecular Hbond substituents is 1. The van der Waals surface area contributed by atoms with Crippen LogP contribution in [0.4, 0.5) is 5.69 Å². The van der Waals surface area contributed by atoms with Crippen LogP contribution >= 0.6 is 0 Å². The number of ether oxygens (including phenoxy) is 1. The molecule has 0 aliphatic heterocycles. The molecule has 0 radical (unpaired) electrons. The summed E-state index contributed by atoms with van der Waals surface area (Å²) < 4.78 is 10.6. The molecular formula is C17H14N2O4. The van der Waals surface area contributed by atoms with Crippen LogP contribution in [0.3, 0.4) is 0 Å². The first kappa shape index (κ1) is 14.6. The number of anilines is 1. The van der Waals surface area contributed by atoms with Crippen LogP contribution in [-0.4, -0.2) is 18.1 Å². The number of phenols is 1. The van der Waals surface area contributed by atoms with Crippen molar-refractivity contribution in [2.24, 2.45) is 0 Å². The van der Waals surface area contributed by atoms with Gasteiger partial charge in [-0.1, -0.05) is 24.3 Å². The number of carbonyl (C=O) groups is 1. The molecule has 0 aliphatic carbocycles. The van der Waals surface area contributed by atoms with E-state index in [2.05, 4.69) is 5.32 Å². The zero-order chi connectivity index (χ0) is 16.4. The Morgan fingerprint density at radius 2 is 2.00 bits per heavy atom. The Morgan fingerprint density at radius 3 is 2.74 bits per heavy atom. The highest BCUT2D eigenvalue weighted by atomic mass is 16.5. The number of nitrogens with one attached hydrogen (secondary N) is 2. The lowest BCUT2D eigenvalue weighted by Crippen LogP contribution is -2.20. The van der Waals surface area contributed by atoms with Crippen LogP contribution in [0.25, 0.3) is 11.0 Å². The third-order valence-electron chi connectivity index (χ3n) is 3.37. The molecule has 1 amide bonds. The van der Waals surface area contributed by atoms with Crippen molar-refractivity contribution in [3.8, 4) is 11.5 Å². The van der Waals surface area contributed by atoms with Gasteiger partial charge in [0.05, 0.1) is 12.8 Å². The van der Waals surface area contributed by atoms with Crippen LogP contribution in [0.5, 0.6) is 11.5 Å². The van der Waals surface area contributed by atoms with Gasteiger partial charge in [0.15, 0.2) is 11.3 Å². The van der Waals surface area contributed by atoms with E-state index in [1.54, 1.807) is 42.5 Å². The number of aromatic hydroxyl groups is 1. The second-order valence-electron chi connectivity index (χ2n) is 4.84. The number of para-hydroxylation sites is 3. The maximum absolute atomic E-state index is 12.4. The lowest BCUT2D eigenvalue weighted by Gasteiger charge is -2.08. The standard InChI is InChI=1S/C17H14N2O4/c1-22-14-8-4-5-10-9-11(16(18)23-15(10)14)17(21)19-12-6-2-3-7-13(12)20/h2-9,18,20H,1H3,(H,19,21). The Morgan fingerprint density at radius 1 is 1.22 bits per heavy atom. The Balaban J connectivity index is 2.03. The average Bonchev–Trinajstić information content (AvgIpc) is 2.55. The maximum Gasteiger partial charge on any atom is 0.261 e. The van der Waals surface area contributed by atoms with E-state index in [-0.39, 0.29) is 22.6 Å². The molecule has 3 rings (SSSR count). The van der Waals surface area contributed by atoms with E-state index in [0.717, 1.165) is 0 Å². The molecule has 6 heteroatoms. The van der Waals surface area contributed by atoms with E-state index >= 15 is 0 Å². The fourth-order valence-electron chi connectivity index (χ4n) is 2.23. The van der Waals surface area contributed by atoms with Gasteiger partial charge in [-0.15, -0.1) is 0 Å². The van der Waals surface area contributed by atoms with Crippen LogP contribution in [-0.2, 0) is 0 Å². The second-order valence-corrected chi connectivity index (χ2v) is 4.84. The van der Waals surface area contributed by atoms with Gasteiger partial charge in [0.1, 0.15) is 11.3 Å². The highest BCUT2D eigenvalue weighted by Crippen LogP contribution is 2.25. The highest BCUT2D eigenvalue weighted by molar-refractivity contribution is 6.06. The Hall–Kier alpha value is -3.28. The molecular weight excluding hydrogens is 296 g/mol. The number of amides is 1. The SMILES string of the molecule is COc1cccc2cc(C(=O)Nc3ccccc3O)c(=N)oc12. The van der Waals surface area contributed by atoms with E-state index in [4.69, 9.17) is 14.6 Å². The summed E-state index contributed by atoms with van der Waals surface area (Å²) in [4.78, 5) is 12.4. The first-order valence-electron chi connectivity index (χ1n) is 6.85. The van der Waals surface area contributed by atoms with Gasteiger partial charge in [0, 0.05) is 5.39 Å². The van der Waals surface area contributed by atoms with Crippen molar-refractivity contribution in [2.75, 3.05) is 12.4 Å². The molecule has 1 heterocycles. The van der Waals surface area contributed by atoms with Gasteiger partial charge in [0.25, 0.3) is 5.91 Å². The summed E-state index contributed by atoms with van der Waals surface area (Å²) in [5.41, 5.74) is 0.450. The lowest BCUT2D eigenvalue weighted by molar-refractivity contribution is 0.102. The monoisotopic (exact) mass is 310 g/mol. The molecule has 0 spiro atoms. The van der Waals surface area contributed by atoms with Gasteiger partial charge >= 0.3 is 0 Å². The van der Waals surface area contributed by atoms with Crippen molar-refractivity contribution >= 4 is 22.6 Å². The predicted molar refractivity (Wildman–Crippen MR) is 84.7 cm³/mol. The summed E-state index contributed by atoms with van der Waals surface area (Å²) >= 11 is 0. The van der Waals surface area contributed by atoms with Crippen molar-refractivity contribution in [1.82, 2.24) is 0 Å². The van der Waals surface area contributed by atoms with E-state index in [0.29, 0.717) is 16.7 Å². The fraction of sp³-hybridized carbons (Fsp3) is 0.0588. The van der Waals surface area contributed by atoms with E-state index in [1.807, 2.05) is 0 Å². The van der Waals surface area contributed by atoms with Crippen molar-refractivity contribution in [2.45, 2.75) is 0 Å². The van der Waals surface area contributed by atoms with Crippen LogP contribution in [0.2, 0.25) is 0 Å². The predicted octanol–water partition coefficient (Wildman–Crippen LogP) is 2.88. The molecule has 1 aromatic heterocycles. The maximum atomic E-state index is 12.4. The number of fused-ring (bicyclic) bond motifs is 1. The summed E-state index contributed by atoms with van der Waals surface area (Å²) in [6.07, 6.45) is 0. The largest absolute Gasteiger partial charge is 0.506 e. The number of hydrogen-bond donors (Lipinski definition) is 3. The Kier molecular flexibility index (Phi) is 3.72. The molecule has 0 saturated heterocycles. The van der Waals surface area contributed by atoms with Gasteiger partial charge in [0.2, 0.25) is 5.55 Å². The van der Waals surface area contributed by atoms with Crippen molar-refractivity contribution in [3.05, 3.63) is 59.6 Å². The van der Waals surface area contributed by atoms with Gasteiger partial charge in [-0.05, 0) is 24.3 Å². The summed E-state index contributed by atoms with van der Waals surface area (Å²) in [5, 5.41) is 20.8. The van der Waals surface area contributed by atoms with Crippen LogP contribution < -0.4 is 15.6 Å². The molecule has 0 atom stereocenters. The minimum absolute atomic E-state index is 0.0493. The van der Waals surface area contributed by atoms with Gasteiger partial charge in [-0.3, -0.25) is 10.2 Å². The molecule has 6 nitrogen and oxygen atoms in total. The average molecular weight is 310 g/mol. The zero-order valence-electron chi connectivity index (χ0n) is 12.3. The highest BCUT2D eigenvalue weighted by Gasteiger charge is 2.14. The Labute approximate surface area is 131 Å². The zero-order valence-corrected chi connectivity index (χ0v) is 12.3. The molecule has 3 aromatic rings. The van der Waals surface area contributed by atoms with Crippen LogP contribution in [0, 0.1) is 5.41 Å². The van der Waals surface area contributed by atoms with Gasteiger partial charge < -0.3 is 19.6 Å². The number of hydrogen-bond acceptors (Lipinski definition) is 5. The smallest absolute Gasteiger partial charge is 0.261 e. The summed E-state index contributed by atoms with van der Waals surface area (Å²) in [6, 6.07) is 13.2. The minimum Gasteiger partial charge on any atom is -0.506 e. The number of benzene rings is 2. The van der Waals surface area contributed by atoms with Crippen LogP contribution in [0.15, 0.2) is 52.9 Å². The third kappa shape index (κ3) is 2.74. The quantitative estimate of drug-likeness (QED) is 0.648. The first-order chi connectivity index (χ1) is 11.1. The fourth-order valence-corrected chi connectivity index (χ4v) is 2.23. The normalized spacial score (nSPS) is 10.5. The summed E-state index contributed by atoms with van der Waals surface area (Å²) in [5.74, 6) is -0.0968. The molecule has 0 aliphatic rings. The second kappa shape index (κ2) is 5.84. The van der Waals surface area contributed by atoms with E-state index < -0.39 is 5.91 Å². The van der Waals surface area contributed by atoms with Gasteiger partial charge in [-0.2, -0.15) is 0 Å². The lowest BCUT2D eigenvalue weighted by atomic mass is 10.1. The van der Waals surface area contributed by atoms with Crippen molar-refractivity contribution in [3.63, 3.8) is 0 Å². The van der Waals surface area contributed by atoms with E-state index in [1.165, 1.54) is 13.2 Å². The number of methoxy groups -OCH3 is 1. The topological polar surface area (TPSA) is 95.5 Å². The molecule has 3 N–H and O–H groups in total. The van der Waals surface area contributed by atoms with Crippen LogP contribution in [0.1, 0.15) is 10.4 Å². The molecule has 116 valence electrons. The molecule has 0 unspecified atom stereocenters. The third-order valence-corrected chi connectivity index (χ3v) is 3.37. The number of rotatable bonds is 3. The van der Waals surface area contributed by atoms with Crippen molar-refractivity contribution < 1.29 is 19.1 Å².